The van der Waals surface area contributed by atoms with Crippen LogP contribution in [-0.2, 0) is 19.7 Å². The third kappa shape index (κ3) is 2.41. The van der Waals surface area contributed by atoms with E-state index in [1.54, 1.807) is 6.92 Å². The molecule has 6 heteroatoms. The van der Waals surface area contributed by atoms with Crippen molar-refractivity contribution in [2.24, 2.45) is 0 Å². The van der Waals surface area contributed by atoms with Gasteiger partial charge in [0.1, 0.15) is 0 Å². The minimum atomic E-state index is -3.39. The second-order valence-electron chi connectivity index (χ2n) is 2.98. The molecule has 1 aliphatic heterocycles. The fraction of sp³-hybridized carbons (Fsp3) is 0.429. The van der Waals surface area contributed by atoms with Gasteiger partial charge >= 0.3 is 0 Å². The van der Waals surface area contributed by atoms with Gasteiger partial charge in [0.15, 0.2) is 19.7 Å². The largest absolute Gasteiger partial charge is 0.225 e. The summed E-state index contributed by atoms with van der Waals surface area (Å²) < 4.78 is 44.2. The summed E-state index contributed by atoms with van der Waals surface area (Å²) in [6.07, 6.45) is 2.48. The first-order valence-electron chi connectivity index (χ1n) is 3.54. The molecule has 0 radical (unpaired) electrons. The second-order valence-corrected chi connectivity index (χ2v) is 6.88. The zero-order valence-electron chi connectivity index (χ0n) is 7.31. The van der Waals surface area contributed by atoms with E-state index in [0.29, 0.717) is 5.57 Å². The Morgan fingerprint density at radius 2 is 2.00 bits per heavy atom. The molecule has 0 bridgehead atoms. The molecule has 0 spiro atoms. The highest BCUT2D eigenvalue weighted by atomic mass is 32.2. The molecule has 1 rings (SSSR count). The van der Waals surface area contributed by atoms with Gasteiger partial charge in [-0.15, -0.1) is 0 Å². The Morgan fingerprint density at radius 3 is 2.31 bits per heavy atom. The Kier molecular flexibility index (Phi) is 2.38. The third-order valence-electron chi connectivity index (χ3n) is 1.65. The van der Waals surface area contributed by atoms with E-state index in [9.17, 15) is 16.8 Å². The number of hydrogen-bond donors (Lipinski definition) is 0. The summed E-state index contributed by atoms with van der Waals surface area (Å²) >= 11 is 0. The van der Waals surface area contributed by atoms with Gasteiger partial charge < -0.3 is 0 Å². The van der Waals surface area contributed by atoms with Crippen LogP contribution in [0.25, 0.3) is 0 Å². The van der Waals surface area contributed by atoms with Crippen molar-refractivity contribution in [3.8, 4) is 0 Å². The highest BCUT2D eigenvalue weighted by Gasteiger charge is 2.25. The first-order chi connectivity index (χ1) is 5.72. The molecule has 0 aromatic carbocycles. The zero-order chi connectivity index (χ0) is 10.3. The molecule has 0 aromatic heterocycles. The first kappa shape index (κ1) is 10.5. The molecule has 1 heterocycles. The van der Waals surface area contributed by atoms with Crippen LogP contribution in [0, 0.1) is 0 Å². The second kappa shape index (κ2) is 2.95. The van der Waals surface area contributed by atoms with Crippen LogP contribution in [-0.4, -0.2) is 28.8 Å². The monoisotopic (exact) mass is 222 g/mol. The summed E-state index contributed by atoms with van der Waals surface area (Å²) in [4.78, 5) is -0.0741. The summed E-state index contributed by atoms with van der Waals surface area (Å²) in [6, 6.07) is 0. The van der Waals surface area contributed by atoms with Crippen LogP contribution >= 0.6 is 0 Å². The van der Waals surface area contributed by atoms with Gasteiger partial charge in [0.25, 0.3) is 0 Å². The number of hydrogen-bond acceptors (Lipinski definition) is 4. The minimum Gasteiger partial charge on any atom is -0.225 e. The molecular formula is C7H10O4S2. The van der Waals surface area contributed by atoms with Gasteiger partial charge in [0.05, 0.1) is 10.7 Å². The number of allylic oxidation sites excluding steroid dienone is 1. The average molecular weight is 222 g/mol. The Bertz CT molecular complexity index is 477. The van der Waals surface area contributed by atoms with Gasteiger partial charge in [-0.1, -0.05) is 6.08 Å². The molecule has 0 fully saturated rings. The fourth-order valence-electron chi connectivity index (χ4n) is 1.03. The van der Waals surface area contributed by atoms with E-state index in [4.69, 9.17) is 0 Å². The van der Waals surface area contributed by atoms with Gasteiger partial charge in [-0.05, 0) is 12.5 Å². The molecule has 74 valence electrons. The zero-order valence-corrected chi connectivity index (χ0v) is 8.94. The maximum atomic E-state index is 11.3. The van der Waals surface area contributed by atoms with Crippen molar-refractivity contribution < 1.29 is 16.8 Å². The molecule has 1 aliphatic rings. The van der Waals surface area contributed by atoms with Crippen molar-refractivity contribution in [1.82, 2.24) is 0 Å². The summed E-state index contributed by atoms with van der Waals surface area (Å²) in [7, 11) is -6.77. The van der Waals surface area contributed by atoms with Crippen molar-refractivity contribution in [2.75, 3.05) is 12.0 Å². The van der Waals surface area contributed by atoms with Crippen LogP contribution in [0.5, 0.6) is 0 Å². The predicted octanol–water partition coefficient (Wildman–Crippen LogP) is 0.247. The SMILES string of the molecule is CC1=CCS(=O)(=O)/C1=C\S(C)(=O)=O. The van der Waals surface area contributed by atoms with E-state index in [2.05, 4.69) is 0 Å². The molecule has 0 aliphatic carbocycles. The minimum absolute atomic E-state index is 0.0741. The highest BCUT2D eigenvalue weighted by molar-refractivity contribution is 7.98. The summed E-state index contributed by atoms with van der Waals surface area (Å²) in [5, 5.41) is 0.807. The van der Waals surface area contributed by atoms with Crippen molar-refractivity contribution >= 4 is 19.7 Å². The molecule has 0 amide bonds. The average Bonchev–Trinajstić information content (AvgIpc) is 2.13. The Morgan fingerprint density at radius 1 is 1.46 bits per heavy atom. The predicted molar refractivity (Wildman–Crippen MR) is 50.5 cm³/mol. The molecule has 0 saturated heterocycles. The van der Waals surface area contributed by atoms with E-state index in [0.717, 1.165) is 11.7 Å². The van der Waals surface area contributed by atoms with E-state index < -0.39 is 19.7 Å². The lowest BCUT2D eigenvalue weighted by atomic mass is 10.3. The van der Waals surface area contributed by atoms with Crippen LogP contribution in [0.15, 0.2) is 22.0 Å². The maximum absolute atomic E-state index is 11.3. The van der Waals surface area contributed by atoms with Gasteiger partial charge in [0.2, 0.25) is 0 Å². The molecule has 13 heavy (non-hydrogen) atoms. The highest BCUT2D eigenvalue weighted by Crippen LogP contribution is 2.25. The number of rotatable bonds is 1. The number of sulfone groups is 2. The van der Waals surface area contributed by atoms with Crippen molar-refractivity contribution in [2.45, 2.75) is 6.92 Å². The standard InChI is InChI=1S/C7H10O4S2/c1-6-3-4-13(10,11)7(6)5-12(2,8)9/h3,5H,4H2,1-2H3/b7-5-. The first-order valence-corrected chi connectivity index (χ1v) is 7.15. The molecule has 0 saturated carbocycles. The van der Waals surface area contributed by atoms with E-state index in [-0.39, 0.29) is 10.7 Å². The smallest absolute Gasteiger partial charge is 0.182 e. The Balaban J connectivity index is 3.34. The van der Waals surface area contributed by atoms with Crippen LogP contribution in [0.3, 0.4) is 0 Å². The molecule has 4 nitrogen and oxygen atoms in total. The maximum Gasteiger partial charge on any atom is 0.182 e. The summed E-state index contributed by atoms with van der Waals surface area (Å²) in [5.74, 6) is -0.0970. The Labute approximate surface area is 77.8 Å². The molecule has 0 N–H and O–H groups in total. The fourth-order valence-corrected chi connectivity index (χ4v) is 3.94. The van der Waals surface area contributed by atoms with E-state index in [1.807, 2.05) is 0 Å². The van der Waals surface area contributed by atoms with Crippen LogP contribution < -0.4 is 0 Å². The lowest BCUT2D eigenvalue weighted by molar-refractivity contribution is 0.603. The van der Waals surface area contributed by atoms with E-state index in [1.165, 1.54) is 6.08 Å². The van der Waals surface area contributed by atoms with Gasteiger partial charge in [-0.2, -0.15) is 0 Å². The van der Waals surface area contributed by atoms with Gasteiger partial charge in [-0.3, -0.25) is 0 Å². The summed E-state index contributed by atoms with van der Waals surface area (Å²) in [6.45, 7) is 1.58. The lowest BCUT2D eigenvalue weighted by Crippen LogP contribution is -2.03. The normalized spacial score (nSPS) is 24.8. The van der Waals surface area contributed by atoms with E-state index >= 15 is 0 Å². The van der Waals surface area contributed by atoms with Crippen molar-refractivity contribution in [3.05, 3.63) is 22.0 Å². The molecule has 0 atom stereocenters. The summed E-state index contributed by atoms with van der Waals surface area (Å²) in [5.41, 5.74) is 0.505. The molecule has 0 unspecified atom stereocenters. The van der Waals surface area contributed by atoms with Crippen LogP contribution in [0.4, 0.5) is 0 Å². The third-order valence-corrected chi connectivity index (χ3v) is 4.18. The Hall–Kier alpha value is -0.620. The lowest BCUT2D eigenvalue weighted by Gasteiger charge is -1.98. The van der Waals surface area contributed by atoms with Crippen LogP contribution in [0.2, 0.25) is 0 Å². The van der Waals surface area contributed by atoms with Crippen molar-refractivity contribution in [1.29, 1.82) is 0 Å². The molecule has 0 aromatic rings. The van der Waals surface area contributed by atoms with Gasteiger partial charge in [0, 0.05) is 11.7 Å². The topological polar surface area (TPSA) is 68.3 Å². The quantitative estimate of drug-likeness (QED) is 0.637. The van der Waals surface area contributed by atoms with Crippen molar-refractivity contribution in [3.63, 3.8) is 0 Å². The van der Waals surface area contributed by atoms with Crippen LogP contribution in [0.1, 0.15) is 6.92 Å². The molecular weight excluding hydrogens is 212 g/mol. The van der Waals surface area contributed by atoms with Gasteiger partial charge in [-0.25, -0.2) is 16.8 Å².